The van der Waals surface area contributed by atoms with Gasteiger partial charge in [-0.15, -0.1) is 0 Å². The molecule has 0 aliphatic carbocycles. The molecule has 0 aliphatic heterocycles. The van der Waals surface area contributed by atoms with Crippen molar-refractivity contribution in [1.29, 1.82) is 0 Å². The van der Waals surface area contributed by atoms with Crippen molar-refractivity contribution in [1.82, 2.24) is 5.32 Å². The van der Waals surface area contributed by atoms with Gasteiger partial charge >= 0.3 is 0 Å². The van der Waals surface area contributed by atoms with Gasteiger partial charge in [-0.1, -0.05) is 60.7 Å². The summed E-state index contributed by atoms with van der Waals surface area (Å²) in [7, 11) is -3.66. The van der Waals surface area contributed by atoms with Gasteiger partial charge < -0.3 is 5.32 Å². The monoisotopic (exact) mass is 307 g/mol. The summed E-state index contributed by atoms with van der Waals surface area (Å²) in [4.78, 5) is 0. The van der Waals surface area contributed by atoms with E-state index in [1.54, 1.807) is 0 Å². The fourth-order valence-electron chi connectivity index (χ4n) is 1.54. The normalized spacial score (nSPS) is 10.6. The van der Waals surface area contributed by atoms with E-state index < -0.39 is 10.1 Å². The van der Waals surface area contributed by atoms with Crippen LogP contribution in [0.3, 0.4) is 0 Å². The average molecular weight is 307 g/mol. The fourth-order valence-corrected chi connectivity index (χ4v) is 1.54. The van der Waals surface area contributed by atoms with Gasteiger partial charge in [0.05, 0.1) is 5.75 Å². The topological polar surface area (TPSA) is 66.4 Å². The molecule has 5 heteroatoms. The smallest absolute Gasteiger partial charge is 0.264 e. The number of hydrogen-bond acceptors (Lipinski definition) is 3. The van der Waals surface area contributed by atoms with Crippen LogP contribution in [-0.2, 0) is 23.2 Å². The van der Waals surface area contributed by atoms with Crippen LogP contribution in [0.25, 0.3) is 0 Å². The van der Waals surface area contributed by atoms with Crippen molar-refractivity contribution in [2.24, 2.45) is 0 Å². The molecule has 0 unspecified atom stereocenters. The Balaban J connectivity index is 0.000000315. The molecule has 0 bridgehead atoms. The van der Waals surface area contributed by atoms with Crippen LogP contribution in [0.1, 0.15) is 18.1 Å². The van der Waals surface area contributed by atoms with Crippen molar-refractivity contribution < 1.29 is 13.0 Å². The van der Waals surface area contributed by atoms with Crippen LogP contribution in [0.2, 0.25) is 0 Å². The summed E-state index contributed by atoms with van der Waals surface area (Å²) in [5, 5.41) is 3.42. The quantitative estimate of drug-likeness (QED) is 0.834. The molecule has 0 radical (unpaired) electrons. The van der Waals surface area contributed by atoms with Crippen molar-refractivity contribution in [2.45, 2.75) is 20.0 Å². The number of benzene rings is 2. The van der Waals surface area contributed by atoms with E-state index in [0.717, 1.165) is 13.1 Å². The molecular weight excluding hydrogens is 286 g/mol. The molecule has 0 aliphatic rings. The molecule has 2 N–H and O–H groups in total. The Bertz CT molecular complexity index is 558. The minimum Gasteiger partial charge on any atom is -0.309 e. The lowest BCUT2D eigenvalue weighted by Gasteiger charge is -2.04. The van der Waals surface area contributed by atoms with Crippen molar-refractivity contribution in [3.63, 3.8) is 0 Å². The van der Waals surface area contributed by atoms with E-state index in [-0.39, 0.29) is 5.75 Å². The summed E-state index contributed by atoms with van der Waals surface area (Å²) in [5.74, 6) is -0.201. The summed E-state index contributed by atoms with van der Waals surface area (Å²) in [6.45, 7) is 3.22. The Kier molecular flexibility index (Phi) is 7.68. The zero-order valence-corrected chi connectivity index (χ0v) is 12.9. The highest BCUT2D eigenvalue weighted by atomic mass is 32.2. The molecule has 2 rings (SSSR count). The zero-order valence-electron chi connectivity index (χ0n) is 12.1. The number of hydrogen-bond donors (Lipinski definition) is 2. The van der Waals surface area contributed by atoms with Crippen molar-refractivity contribution in [2.75, 3.05) is 5.75 Å². The van der Waals surface area contributed by atoms with Crippen molar-refractivity contribution in [3.8, 4) is 0 Å². The maximum Gasteiger partial charge on any atom is 0.264 e. The molecule has 0 atom stereocenters. The van der Waals surface area contributed by atoms with Gasteiger partial charge in [-0.25, -0.2) is 0 Å². The van der Waals surface area contributed by atoms with Gasteiger partial charge in [-0.3, -0.25) is 4.55 Å². The van der Waals surface area contributed by atoms with Gasteiger partial charge in [0.25, 0.3) is 10.1 Å². The molecule has 0 fully saturated rings. The highest BCUT2D eigenvalue weighted by Crippen LogP contribution is 2.00. The second-order valence-electron chi connectivity index (χ2n) is 4.45. The fraction of sp³-hybridized carbons (Fsp3) is 0.250. The Morgan fingerprint density at radius 3 is 1.48 bits per heavy atom. The van der Waals surface area contributed by atoms with E-state index in [1.807, 2.05) is 12.1 Å². The summed E-state index contributed by atoms with van der Waals surface area (Å²) >= 11 is 0. The molecule has 0 aromatic heterocycles. The Labute approximate surface area is 126 Å². The standard InChI is InChI=1S/C14H15N.C2H6O3S/c1-3-7-13(8-4-1)11-15-12-14-9-5-2-6-10-14;1-2-6(3,4)5/h1-10,15H,11-12H2;2H2,1H3,(H,3,4,5). The Morgan fingerprint density at radius 2 is 1.19 bits per heavy atom. The number of rotatable bonds is 5. The van der Waals surface area contributed by atoms with E-state index >= 15 is 0 Å². The van der Waals surface area contributed by atoms with Gasteiger partial charge in [0.1, 0.15) is 0 Å². The summed E-state index contributed by atoms with van der Waals surface area (Å²) in [6.07, 6.45) is 0. The van der Waals surface area contributed by atoms with Gasteiger partial charge in [-0.2, -0.15) is 8.42 Å². The van der Waals surface area contributed by atoms with Crippen molar-refractivity contribution in [3.05, 3.63) is 71.8 Å². The number of nitrogens with one attached hydrogen (secondary N) is 1. The molecule has 0 saturated heterocycles. The SMILES string of the molecule is CCS(=O)(=O)O.c1ccc(CNCc2ccccc2)cc1. The Morgan fingerprint density at radius 1 is 0.857 bits per heavy atom. The van der Waals surface area contributed by atoms with Crippen LogP contribution in [0.4, 0.5) is 0 Å². The molecule has 0 spiro atoms. The van der Waals surface area contributed by atoms with Crippen LogP contribution >= 0.6 is 0 Å². The zero-order chi connectivity index (χ0) is 15.6. The second-order valence-corrected chi connectivity index (χ2v) is 6.19. The first-order valence-corrected chi connectivity index (χ1v) is 8.36. The first kappa shape index (κ1) is 17.4. The molecule has 4 nitrogen and oxygen atoms in total. The third-order valence-electron chi connectivity index (χ3n) is 2.71. The highest BCUT2D eigenvalue weighted by Gasteiger charge is 1.93. The maximum atomic E-state index is 9.56. The molecule has 21 heavy (non-hydrogen) atoms. The predicted octanol–water partition coefficient (Wildman–Crippen LogP) is 2.87. The van der Waals surface area contributed by atoms with E-state index in [0.29, 0.717) is 0 Å². The maximum absolute atomic E-state index is 9.56. The minimum atomic E-state index is -3.66. The van der Waals surface area contributed by atoms with Gasteiger partial charge in [0.2, 0.25) is 0 Å². The first-order chi connectivity index (χ1) is 10.0. The lowest BCUT2D eigenvalue weighted by molar-refractivity contribution is 0.484. The summed E-state index contributed by atoms with van der Waals surface area (Å²) in [5.41, 5.74) is 2.65. The predicted molar refractivity (Wildman–Crippen MR) is 85.5 cm³/mol. The second kappa shape index (κ2) is 9.28. The largest absolute Gasteiger partial charge is 0.309 e. The lowest BCUT2D eigenvalue weighted by Crippen LogP contribution is -2.12. The Hall–Kier alpha value is -1.69. The van der Waals surface area contributed by atoms with Crippen LogP contribution in [0.5, 0.6) is 0 Å². The molecule has 0 heterocycles. The van der Waals surface area contributed by atoms with Gasteiger partial charge in [0, 0.05) is 13.1 Å². The van der Waals surface area contributed by atoms with Gasteiger partial charge in [0.15, 0.2) is 0 Å². The molecule has 2 aromatic carbocycles. The van der Waals surface area contributed by atoms with Crippen LogP contribution in [0, 0.1) is 0 Å². The van der Waals surface area contributed by atoms with Crippen LogP contribution in [-0.4, -0.2) is 18.7 Å². The summed E-state index contributed by atoms with van der Waals surface area (Å²) in [6, 6.07) is 20.9. The van der Waals surface area contributed by atoms with Crippen LogP contribution < -0.4 is 5.32 Å². The molecule has 2 aromatic rings. The first-order valence-electron chi connectivity index (χ1n) is 6.75. The van der Waals surface area contributed by atoms with Gasteiger partial charge in [-0.05, 0) is 18.1 Å². The van der Waals surface area contributed by atoms with E-state index in [2.05, 4.69) is 53.8 Å². The van der Waals surface area contributed by atoms with E-state index in [9.17, 15) is 8.42 Å². The minimum absolute atomic E-state index is 0.201. The van der Waals surface area contributed by atoms with E-state index in [4.69, 9.17) is 4.55 Å². The average Bonchev–Trinajstić information content (AvgIpc) is 2.49. The third-order valence-corrected chi connectivity index (χ3v) is 3.44. The van der Waals surface area contributed by atoms with Crippen molar-refractivity contribution >= 4 is 10.1 Å². The molecular formula is C16H21NO3S. The molecule has 0 saturated carbocycles. The van der Waals surface area contributed by atoms with E-state index in [1.165, 1.54) is 18.1 Å². The molecule has 114 valence electrons. The molecule has 0 amide bonds. The summed E-state index contributed by atoms with van der Waals surface area (Å²) < 4.78 is 26.9. The van der Waals surface area contributed by atoms with Crippen LogP contribution in [0.15, 0.2) is 60.7 Å². The lowest BCUT2D eigenvalue weighted by atomic mass is 10.2. The third kappa shape index (κ3) is 8.96. The highest BCUT2D eigenvalue weighted by molar-refractivity contribution is 7.85.